The van der Waals surface area contributed by atoms with E-state index in [4.69, 9.17) is 9.47 Å². The highest BCUT2D eigenvalue weighted by atomic mass is 16.6. The van der Waals surface area contributed by atoms with Crippen LogP contribution < -0.4 is 15.0 Å². The molecule has 1 aromatic rings. The lowest BCUT2D eigenvalue weighted by molar-refractivity contribution is -0.158. The van der Waals surface area contributed by atoms with E-state index in [1.807, 2.05) is 6.07 Å². The fraction of sp³-hybridized carbons (Fsp3) is 0.650. The van der Waals surface area contributed by atoms with Gasteiger partial charge in [-0.05, 0) is 63.4 Å². The third-order valence-corrected chi connectivity index (χ3v) is 4.29. The average Bonchev–Trinajstić information content (AvgIpc) is 2.93. The third kappa shape index (κ3) is 5.36. The molecule has 0 amide bonds. The second-order valence-corrected chi connectivity index (χ2v) is 7.46. The van der Waals surface area contributed by atoms with Crippen LogP contribution in [-0.4, -0.2) is 44.4 Å². The van der Waals surface area contributed by atoms with Gasteiger partial charge in [0.1, 0.15) is 5.75 Å². The number of anilines is 1. The van der Waals surface area contributed by atoms with Crippen molar-refractivity contribution in [3.05, 3.63) is 23.8 Å². The Morgan fingerprint density at radius 3 is 2.80 bits per heavy atom. The van der Waals surface area contributed by atoms with E-state index < -0.39 is 5.60 Å². The Bertz CT molecular complexity index is 584. The first-order valence-electron chi connectivity index (χ1n) is 9.28. The van der Waals surface area contributed by atoms with Gasteiger partial charge < -0.3 is 19.7 Å². The molecule has 0 atom stereocenters. The van der Waals surface area contributed by atoms with Gasteiger partial charge in [0.05, 0.1) is 6.61 Å². The van der Waals surface area contributed by atoms with Crippen molar-refractivity contribution in [3.8, 4) is 5.75 Å². The normalized spacial score (nSPS) is 13.9. The molecule has 140 valence electrons. The van der Waals surface area contributed by atoms with Crippen LogP contribution in [0.4, 0.5) is 5.69 Å². The number of ether oxygens (including phenoxy) is 2. The predicted molar refractivity (Wildman–Crippen MR) is 101 cm³/mol. The second-order valence-electron chi connectivity index (χ2n) is 7.46. The Hall–Kier alpha value is -1.75. The number of rotatable bonds is 9. The van der Waals surface area contributed by atoms with Gasteiger partial charge in [-0.15, -0.1) is 0 Å². The molecule has 0 fully saturated rings. The van der Waals surface area contributed by atoms with E-state index in [0.29, 0.717) is 12.5 Å². The number of carbonyl (C=O) groups excluding carboxylic acids is 1. The molecule has 2 rings (SSSR count). The van der Waals surface area contributed by atoms with Crippen molar-refractivity contribution in [1.82, 2.24) is 5.32 Å². The summed E-state index contributed by atoms with van der Waals surface area (Å²) < 4.78 is 11.0. The van der Waals surface area contributed by atoms with Crippen LogP contribution in [0.2, 0.25) is 0 Å². The highest BCUT2D eigenvalue weighted by Crippen LogP contribution is 2.32. The average molecular weight is 348 g/mol. The van der Waals surface area contributed by atoms with Crippen LogP contribution in [0.3, 0.4) is 0 Å². The molecule has 25 heavy (non-hydrogen) atoms. The summed E-state index contributed by atoms with van der Waals surface area (Å²) in [7, 11) is 0. The summed E-state index contributed by atoms with van der Waals surface area (Å²) >= 11 is 0. The zero-order valence-electron chi connectivity index (χ0n) is 16.2. The Labute approximate surface area is 151 Å². The molecule has 0 radical (unpaired) electrons. The maximum atomic E-state index is 12.0. The SMILES string of the molecule is CCOC(=O)C(C)(C)Oc1ccc2c(c1)CCN2CCNCC(C)C. The quantitative estimate of drug-likeness (QED) is 0.549. The van der Waals surface area contributed by atoms with E-state index in [9.17, 15) is 4.79 Å². The monoisotopic (exact) mass is 348 g/mol. The lowest BCUT2D eigenvalue weighted by Crippen LogP contribution is -2.39. The molecule has 0 saturated carbocycles. The van der Waals surface area contributed by atoms with Crippen molar-refractivity contribution < 1.29 is 14.3 Å². The van der Waals surface area contributed by atoms with Crippen LogP contribution in [0.25, 0.3) is 0 Å². The molecule has 0 spiro atoms. The molecular formula is C20H32N2O3. The van der Waals surface area contributed by atoms with Crippen molar-refractivity contribution in [1.29, 1.82) is 0 Å². The first kappa shape index (κ1) is 19.6. The van der Waals surface area contributed by atoms with E-state index in [1.165, 1.54) is 11.3 Å². The van der Waals surface area contributed by atoms with Crippen LogP contribution in [0.15, 0.2) is 18.2 Å². The van der Waals surface area contributed by atoms with E-state index in [2.05, 4.69) is 36.2 Å². The summed E-state index contributed by atoms with van der Waals surface area (Å²) in [6.07, 6.45) is 1.01. The molecule has 1 N–H and O–H groups in total. The van der Waals surface area contributed by atoms with Gasteiger partial charge in [0.2, 0.25) is 0 Å². The number of nitrogens with zero attached hydrogens (tertiary/aromatic N) is 1. The van der Waals surface area contributed by atoms with Gasteiger partial charge in [0.15, 0.2) is 5.60 Å². The molecule has 1 aliphatic rings. The van der Waals surface area contributed by atoms with Crippen molar-refractivity contribution >= 4 is 11.7 Å². The van der Waals surface area contributed by atoms with Gasteiger partial charge in [0.25, 0.3) is 0 Å². The smallest absolute Gasteiger partial charge is 0.349 e. The predicted octanol–water partition coefficient (Wildman–Crippen LogP) is 3.02. The molecule has 0 aliphatic carbocycles. The Morgan fingerprint density at radius 1 is 1.36 bits per heavy atom. The maximum Gasteiger partial charge on any atom is 0.349 e. The Kier molecular flexibility index (Phi) is 6.71. The van der Waals surface area contributed by atoms with Gasteiger partial charge in [-0.25, -0.2) is 4.79 Å². The molecule has 0 unspecified atom stereocenters. The Morgan fingerprint density at radius 2 is 2.12 bits per heavy atom. The number of esters is 1. The van der Waals surface area contributed by atoms with Crippen molar-refractivity contribution in [2.24, 2.45) is 5.92 Å². The molecule has 1 aliphatic heterocycles. The van der Waals surface area contributed by atoms with Gasteiger partial charge >= 0.3 is 5.97 Å². The molecule has 0 saturated heterocycles. The number of nitrogens with one attached hydrogen (secondary N) is 1. The molecule has 1 heterocycles. The highest BCUT2D eigenvalue weighted by Gasteiger charge is 2.32. The van der Waals surface area contributed by atoms with Crippen molar-refractivity contribution in [2.75, 3.05) is 37.7 Å². The maximum absolute atomic E-state index is 12.0. The minimum atomic E-state index is -0.983. The standard InChI is InChI=1S/C20H32N2O3/c1-6-24-19(23)20(4,5)25-17-7-8-18-16(13-17)9-11-22(18)12-10-21-14-15(2)3/h7-8,13,15,21H,6,9-12,14H2,1-5H3. The molecule has 1 aromatic carbocycles. The number of hydrogen-bond donors (Lipinski definition) is 1. The summed E-state index contributed by atoms with van der Waals surface area (Å²) in [5, 5.41) is 3.49. The summed E-state index contributed by atoms with van der Waals surface area (Å²) in [5.74, 6) is 1.05. The molecule has 0 aromatic heterocycles. The zero-order chi connectivity index (χ0) is 18.4. The minimum Gasteiger partial charge on any atom is -0.476 e. The van der Waals surface area contributed by atoms with E-state index in [-0.39, 0.29) is 5.97 Å². The van der Waals surface area contributed by atoms with Crippen LogP contribution in [0.5, 0.6) is 5.75 Å². The molecule has 5 nitrogen and oxygen atoms in total. The van der Waals surface area contributed by atoms with Crippen molar-refractivity contribution in [3.63, 3.8) is 0 Å². The summed E-state index contributed by atoms with van der Waals surface area (Å²) in [4.78, 5) is 14.4. The van der Waals surface area contributed by atoms with Crippen LogP contribution in [-0.2, 0) is 16.0 Å². The zero-order valence-corrected chi connectivity index (χ0v) is 16.2. The lowest BCUT2D eigenvalue weighted by Gasteiger charge is -2.25. The van der Waals surface area contributed by atoms with Crippen LogP contribution in [0, 0.1) is 5.92 Å². The number of carbonyl (C=O) groups is 1. The van der Waals surface area contributed by atoms with Crippen LogP contribution in [0.1, 0.15) is 40.2 Å². The highest BCUT2D eigenvalue weighted by molar-refractivity contribution is 5.79. The van der Waals surface area contributed by atoms with Crippen LogP contribution >= 0.6 is 0 Å². The minimum absolute atomic E-state index is 0.339. The van der Waals surface area contributed by atoms with Crippen molar-refractivity contribution in [2.45, 2.75) is 46.6 Å². The topological polar surface area (TPSA) is 50.8 Å². The Balaban J connectivity index is 1.95. The van der Waals surface area contributed by atoms with E-state index >= 15 is 0 Å². The number of hydrogen-bond acceptors (Lipinski definition) is 5. The first-order chi connectivity index (χ1) is 11.8. The second kappa shape index (κ2) is 8.56. The fourth-order valence-electron chi connectivity index (χ4n) is 2.99. The third-order valence-electron chi connectivity index (χ3n) is 4.29. The van der Waals surface area contributed by atoms with E-state index in [0.717, 1.165) is 38.3 Å². The molecule has 5 heteroatoms. The number of fused-ring (bicyclic) bond motifs is 1. The molecular weight excluding hydrogens is 316 g/mol. The summed E-state index contributed by atoms with van der Waals surface area (Å²) in [5.41, 5.74) is 1.57. The van der Waals surface area contributed by atoms with E-state index in [1.54, 1.807) is 20.8 Å². The van der Waals surface area contributed by atoms with Gasteiger partial charge in [-0.1, -0.05) is 13.8 Å². The lowest BCUT2D eigenvalue weighted by atomic mass is 10.1. The summed E-state index contributed by atoms with van der Waals surface area (Å²) in [6.45, 7) is 14.2. The number of benzene rings is 1. The largest absolute Gasteiger partial charge is 0.476 e. The fourth-order valence-corrected chi connectivity index (χ4v) is 2.99. The van der Waals surface area contributed by atoms with Gasteiger partial charge in [-0.2, -0.15) is 0 Å². The molecule has 0 bridgehead atoms. The van der Waals surface area contributed by atoms with Gasteiger partial charge in [-0.3, -0.25) is 0 Å². The first-order valence-corrected chi connectivity index (χ1v) is 9.28. The van der Waals surface area contributed by atoms with Gasteiger partial charge in [0, 0.05) is 25.3 Å². The summed E-state index contributed by atoms with van der Waals surface area (Å²) in [6, 6.07) is 6.10.